The van der Waals surface area contributed by atoms with Crippen LogP contribution in [0.3, 0.4) is 0 Å². The van der Waals surface area contributed by atoms with Crippen molar-refractivity contribution in [3.05, 3.63) is 35.1 Å². The second-order valence-electron chi connectivity index (χ2n) is 3.32. The van der Waals surface area contributed by atoms with Crippen LogP contribution >= 0.6 is 0 Å². The van der Waals surface area contributed by atoms with Gasteiger partial charge >= 0.3 is 12.1 Å². The van der Waals surface area contributed by atoms with Crippen LogP contribution in [-0.4, -0.2) is 16.2 Å². The Bertz CT molecular complexity index is 428. The predicted octanol–water partition coefficient (Wildman–Crippen LogP) is 2.35. The Balaban J connectivity index is 3.15. The number of hydrogen-bond donors (Lipinski definition) is 2. The highest BCUT2D eigenvalue weighted by atomic mass is 19.4. The zero-order chi connectivity index (χ0) is 13.2. The Morgan fingerprint density at radius 1 is 1.35 bits per heavy atom. The Labute approximate surface area is 93.3 Å². The molecule has 0 heterocycles. The van der Waals surface area contributed by atoms with Gasteiger partial charge in [0.2, 0.25) is 0 Å². The van der Waals surface area contributed by atoms with Gasteiger partial charge in [-0.05, 0) is 6.07 Å². The van der Waals surface area contributed by atoms with E-state index in [1.165, 1.54) is 0 Å². The number of carbonyl (C=O) groups is 1. The van der Waals surface area contributed by atoms with Crippen LogP contribution in [0.5, 0.6) is 0 Å². The van der Waals surface area contributed by atoms with Gasteiger partial charge in [0.25, 0.3) is 0 Å². The van der Waals surface area contributed by atoms with Gasteiger partial charge in [0.1, 0.15) is 5.82 Å². The lowest BCUT2D eigenvalue weighted by atomic mass is 10.0. The molecule has 0 amide bonds. The van der Waals surface area contributed by atoms with Crippen molar-refractivity contribution in [1.82, 2.24) is 0 Å². The van der Waals surface area contributed by atoms with E-state index in [1.54, 1.807) is 0 Å². The molecule has 0 saturated heterocycles. The summed E-state index contributed by atoms with van der Waals surface area (Å²) in [7, 11) is 0. The normalized spacial score (nSPS) is 13.5. The molecule has 0 bridgehead atoms. The van der Waals surface area contributed by atoms with Crippen LogP contribution in [-0.2, 0) is 11.0 Å². The Morgan fingerprint density at radius 3 is 2.41 bits per heavy atom. The Morgan fingerprint density at radius 2 is 1.94 bits per heavy atom. The van der Waals surface area contributed by atoms with Crippen molar-refractivity contribution in [2.24, 2.45) is 0 Å². The molecule has 7 heteroatoms. The van der Waals surface area contributed by atoms with Gasteiger partial charge in [0.15, 0.2) is 0 Å². The highest BCUT2D eigenvalue weighted by Crippen LogP contribution is 2.34. The number of aliphatic hydroxyl groups excluding tert-OH is 1. The van der Waals surface area contributed by atoms with Gasteiger partial charge in [-0.1, -0.05) is 12.1 Å². The fourth-order valence-corrected chi connectivity index (χ4v) is 1.30. The molecule has 0 spiro atoms. The smallest absolute Gasteiger partial charge is 0.419 e. The van der Waals surface area contributed by atoms with E-state index in [0.717, 1.165) is 12.1 Å². The topological polar surface area (TPSA) is 57.5 Å². The third-order valence-corrected chi connectivity index (χ3v) is 2.06. The molecule has 1 aromatic rings. The zero-order valence-corrected chi connectivity index (χ0v) is 8.33. The third kappa shape index (κ3) is 3.16. The molecule has 0 aliphatic carbocycles. The first-order valence-electron chi connectivity index (χ1n) is 4.49. The average molecular weight is 252 g/mol. The first-order chi connectivity index (χ1) is 7.73. The second-order valence-corrected chi connectivity index (χ2v) is 3.32. The summed E-state index contributed by atoms with van der Waals surface area (Å²) < 4.78 is 50.3. The van der Waals surface area contributed by atoms with E-state index in [4.69, 9.17) is 5.11 Å². The van der Waals surface area contributed by atoms with Gasteiger partial charge < -0.3 is 10.2 Å². The number of hydrogen-bond acceptors (Lipinski definition) is 2. The largest absolute Gasteiger partial charge is 0.481 e. The molecule has 0 aliphatic heterocycles. The van der Waals surface area contributed by atoms with Crippen molar-refractivity contribution in [2.45, 2.75) is 18.7 Å². The van der Waals surface area contributed by atoms with E-state index in [9.17, 15) is 27.5 Å². The number of alkyl halides is 3. The maximum absolute atomic E-state index is 13.4. The van der Waals surface area contributed by atoms with Crippen LogP contribution < -0.4 is 0 Å². The van der Waals surface area contributed by atoms with Crippen molar-refractivity contribution < 1.29 is 32.6 Å². The number of halogens is 4. The van der Waals surface area contributed by atoms with Gasteiger partial charge in [-0.3, -0.25) is 4.79 Å². The van der Waals surface area contributed by atoms with Crippen molar-refractivity contribution in [1.29, 1.82) is 0 Å². The number of rotatable bonds is 3. The lowest BCUT2D eigenvalue weighted by Gasteiger charge is -2.14. The van der Waals surface area contributed by atoms with Crippen LogP contribution in [0.15, 0.2) is 18.2 Å². The van der Waals surface area contributed by atoms with Crippen molar-refractivity contribution >= 4 is 5.97 Å². The number of benzene rings is 1. The first-order valence-corrected chi connectivity index (χ1v) is 4.49. The summed E-state index contributed by atoms with van der Waals surface area (Å²) in [5, 5.41) is 17.6. The lowest BCUT2D eigenvalue weighted by molar-refractivity contribution is -0.140. The van der Waals surface area contributed by atoms with Crippen molar-refractivity contribution in [3.8, 4) is 0 Å². The predicted molar refractivity (Wildman–Crippen MR) is 48.6 cm³/mol. The van der Waals surface area contributed by atoms with Crippen molar-refractivity contribution in [2.75, 3.05) is 0 Å². The average Bonchev–Trinajstić information content (AvgIpc) is 2.14. The van der Waals surface area contributed by atoms with E-state index in [-0.39, 0.29) is 0 Å². The Kier molecular flexibility index (Phi) is 3.72. The minimum absolute atomic E-state index is 0.520. The summed E-state index contributed by atoms with van der Waals surface area (Å²) in [6.45, 7) is 0. The van der Waals surface area contributed by atoms with E-state index in [0.29, 0.717) is 6.07 Å². The highest BCUT2D eigenvalue weighted by molar-refractivity contribution is 5.67. The fraction of sp³-hybridized carbons (Fsp3) is 0.300. The van der Waals surface area contributed by atoms with Gasteiger partial charge in [0.05, 0.1) is 18.1 Å². The number of aliphatic carboxylic acids is 1. The number of aliphatic hydroxyl groups is 1. The van der Waals surface area contributed by atoms with Gasteiger partial charge in [-0.25, -0.2) is 4.39 Å². The monoisotopic (exact) mass is 252 g/mol. The van der Waals surface area contributed by atoms with Crippen LogP contribution in [0.1, 0.15) is 23.7 Å². The molecule has 0 fully saturated rings. The van der Waals surface area contributed by atoms with E-state index >= 15 is 0 Å². The minimum atomic E-state index is -4.89. The van der Waals surface area contributed by atoms with Gasteiger partial charge in [-0.2, -0.15) is 13.2 Å². The second kappa shape index (κ2) is 4.70. The molecule has 1 aromatic carbocycles. The summed E-state index contributed by atoms with van der Waals surface area (Å²) in [5.41, 5.74) is -2.21. The Hall–Kier alpha value is -1.63. The van der Waals surface area contributed by atoms with Crippen LogP contribution in [0, 0.1) is 5.82 Å². The van der Waals surface area contributed by atoms with Gasteiger partial charge in [0, 0.05) is 5.56 Å². The SMILES string of the molecule is O=C(O)C[C@@H](O)c1cccc(C(F)(F)F)c1F. The van der Waals surface area contributed by atoms with E-state index < -0.39 is 41.6 Å². The number of carboxylic acid groups (broad SMARTS) is 1. The molecule has 3 nitrogen and oxygen atoms in total. The molecular weight excluding hydrogens is 244 g/mol. The fourth-order valence-electron chi connectivity index (χ4n) is 1.30. The number of carboxylic acids is 1. The maximum Gasteiger partial charge on any atom is 0.419 e. The minimum Gasteiger partial charge on any atom is -0.481 e. The molecule has 17 heavy (non-hydrogen) atoms. The molecular formula is C10H8F4O3. The third-order valence-electron chi connectivity index (χ3n) is 2.06. The molecule has 0 unspecified atom stereocenters. The first kappa shape index (κ1) is 13.4. The van der Waals surface area contributed by atoms with Crippen LogP contribution in [0.4, 0.5) is 17.6 Å². The molecule has 1 atom stereocenters. The molecule has 0 aliphatic rings. The molecule has 0 aromatic heterocycles. The van der Waals surface area contributed by atoms with Gasteiger partial charge in [-0.15, -0.1) is 0 Å². The maximum atomic E-state index is 13.4. The quantitative estimate of drug-likeness (QED) is 0.812. The molecule has 2 N–H and O–H groups in total. The summed E-state index contributed by atoms with van der Waals surface area (Å²) in [6, 6.07) is 2.34. The van der Waals surface area contributed by atoms with E-state index in [1.807, 2.05) is 0 Å². The lowest BCUT2D eigenvalue weighted by Crippen LogP contribution is -2.13. The molecule has 0 saturated carbocycles. The molecule has 94 valence electrons. The summed E-state index contributed by atoms with van der Waals surface area (Å²) in [4.78, 5) is 10.3. The zero-order valence-electron chi connectivity index (χ0n) is 8.33. The van der Waals surface area contributed by atoms with Crippen LogP contribution in [0.25, 0.3) is 0 Å². The van der Waals surface area contributed by atoms with Crippen LogP contribution in [0.2, 0.25) is 0 Å². The molecule has 1 rings (SSSR count). The standard InChI is InChI=1S/C10H8F4O3/c11-9-5(7(15)4-8(16)17)2-1-3-6(9)10(12,13)14/h1-3,7,15H,4H2,(H,16,17)/t7-/m1/s1. The van der Waals surface area contributed by atoms with Crippen molar-refractivity contribution in [3.63, 3.8) is 0 Å². The molecule has 0 radical (unpaired) electrons. The highest BCUT2D eigenvalue weighted by Gasteiger charge is 2.35. The summed E-state index contributed by atoms with van der Waals surface area (Å²) >= 11 is 0. The summed E-state index contributed by atoms with van der Waals surface area (Å²) in [5.74, 6) is -3.08. The van der Waals surface area contributed by atoms with E-state index in [2.05, 4.69) is 0 Å². The summed E-state index contributed by atoms with van der Waals surface area (Å²) in [6.07, 6.45) is -7.56.